The number of hydrogen-bond acceptors (Lipinski definition) is 4. The highest BCUT2D eigenvalue weighted by Crippen LogP contribution is 2.09. The number of hydrogen-bond donors (Lipinski definition) is 2. The second-order valence-electron chi connectivity index (χ2n) is 4.61. The summed E-state index contributed by atoms with van der Waals surface area (Å²) in [6.45, 7) is 6.94. The molecular weight excluding hydrogens is 218 g/mol. The summed E-state index contributed by atoms with van der Waals surface area (Å²) < 4.78 is 10.9. The quantitative estimate of drug-likeness (QED) is 0.462. The molecule has 5 heteroatoms. The van der Waals surface area contributed by atoms with E-state index in [0.29, 0.717) is 24.7 Å². The molecular formula is C12H19N3O2. The zero-order valence-electron chi connectivity index (χ0n) is 10.5. The minimum atomic E-state index is -0.157. The third-order valence-corrected chi connectivity index (χ3v) is 1.92. The zero-order chi connectivity index (χ0) is 12.9. The molecule has 0 atom stereocenters. The van der Waals surface area contributed by atoms with Crippen molar-refractivity contribution < 1.29 is 9.47 Å². The second kappa shape index (κ2) is 5.63. The van der Waals surface area contributed by atoms with Crippen LogP contribution in [0.4, 0.5) is 0 Å². The molecule has 17 heavy (non-hydrogen) atoms. The van der Waals surface area contributed by atoms with Crippen molar-refractivity contribution in [2.24, 2.45) is 5.73 Å². The molecule has 1 aromatic heterocycles. The molecule has 0 aliphatic heterocycles. The highest BCUT2D eigenvalue weighted by atomic mass is 16.5. The first-order valence-corrected chi connectivity index (χ1v) is 5.46. The highest BCUT2D eigenvalue weighted by Gasteiger charge is 2.09. The van der Waals surface area contributed by atoms with Gasteiger partial charge in [-0.25, -0.2) is 4.98 Å². The van der Waals surface area contributed by atoms with E-state index in [1.165, 1.54) is 6.20 Å². The summed E-state index contributed by atoms with van der Waals surface area (Å²) in [5.41, 5.74) is 5.74. The van der Waals surface area contributed by atoms with Crippen LogP contribution < -0.4 is 10.5 Å². The van der Waals surface area contributed by atoms with Gasteiger partial charge >= 0.3 is 0 Å². The van der Waals surface area contributed by atoms with Gasteiger partial charge < -0.3 is 15.2 Å². The third kappa shape index (κ3) is 5.31. The molecule has 5 nitrogen and oxygen atoms in total. The molecule has 0 aliphatic carbocycles. The smallest absolute Gasteiger partial charge is 0.213 e. The fraction of sp³-hybridized carbons (Fsp3) is 0.500. The van der Waals surface area contributed by atoms with E-state index in [1.807, 2.05) is 20.8 Å². The van der Waals surface area contributed by atoms with Crippen LogP contribution in [0.2, 0.25) is 0 Å². The lowest BCUT2D eigenvalue weighted by atomic mass is 10.2. The second-order valence-corrected chi connectivity index (χ2v) is 4.61. The van der Waals surface area contributed by atoms with E-state index in [1.54, 1.807) is 12.1 Å². The first kappa shape index (κ1) is 13.4. The molecule has 0 unspecified atom stereocenters. The fourth-order valence-electron chi connectivity index (χ4n) is 1.12. The Bertz CT molecular complexity index is 368. The van der Waals surface area contributed by atoms with Crippen molar-refractivity contribution in [3.63, 3.8) is 0 Å². The van der Waals surface area contributed by atoms with E-state index in [9.17, 15) is 0 Å². The van der Waals surface area contributed by atoms with Gasteiger partial charge in [0.1, 0.15) is 12.4 Å². The number of nitrogens with zero attached hydrogens (tertiary/aromatic N) is 1. The molecule has 0 amide bonds. The number of nitrogens with one attached hydrogen (secondary N) is 1. The van der Waals surface area contributed by atoms with Crippen LogP contribution in [-0.2, 0) is 4.74 Å². The zero-order valence-corrected chi connectivity index (χ0v) is 10.5. The molecule has 0 saturated heterocycles. The summed E-state index contributed by atoms with van der Waals surface area (Å²) in [5.74, 6) is 0.507. The summed E-state index contributed by atoms with van der Waals surface area (Å²) in [7, 11) is 0. The van der Waals surface area contributed by atoms with Crippen LogP contribution in [0.5, 0.6) is 5.88 Å². The number of nitrogens with two attached hydrogens (primary N) is 1. The summed E-state index contributed by atoms with van der Waals surface area (Å²) >= 11 is 0. The molecule has 0 spiro atoms. The van der Waals surface area contributed by atoms with Crippen molar-refractivity contribution >= 4 is 5.84 Å². The summed E-state index contributed by atoms with van der Waals surface area (Å²) in [5, 5.41) is 7.22. The van der Waals surface area contributed by atoms with Crippen LogP contribution >= 0.6 is 0 Å². The summed E-state index contributed by atoms with van der Waals surface area (Å²) in [4.78, 5) is 4.04. The Balaban J connectivity index is 2.35. The van der Waals surface area contributed by atoms with Crippen molar-refractivity contribution in [1.29, 1.82) is 5.41 Å². The van der Waals surface area contributed by atoms with Crippen LogP contribution in [0.1, 0.15) is 26.3 Å². The minimum Gasteiger partial charge on any atom is -0.475 e. The molecule has 0 fully saturated rings. The Morgan fingerprint density at radius 3 is 2.53 bits per heavy atom. The van der Waals surface area contributed by atoms with Crippen LogP contribution in [-0.4, -0.2) is 29.6 Å². The molecule has 94 valence electrons. The Morgan fingerprint density at radius 2 is 2.06 bits per heavy atom. The summed E-state index contributed by atoms with van der Waals surface area (Å²) in [6.07, 6.45) is 1.52. The van der Waals surface area contributed by atoms with Gasteiger partial charge in [0.25, 0.3) is 0 Å². The predicted octanol–water partition coefficient (Wildman–Crippen LogP) is 1.56. The molecule has 0 radical (unpaired) electrons. The Kier molecular flexibility index (Phi) is 4.45. The summed E-state index contributed by atoms with van der Waals surface area (Å²) in [6, 6.07) is 3.39. The molecule has 3 N–H and O–H groups in total. The van der Waals surface area contributed by atoms with Gasteiger partial charge in [-0.15, -0.1) is 0 Å². The average Bonchev–Trinajstić information content (AvgIpc) is 2.24. The van der Waals surface area contributed by atoms with Gasteiger partial charge in [-0.1, -0.05) is 0 Å². The molecule has 0 saturated carbocycles. The monoisotopic (exact) mass is 237 g/mol. The largest absolute Gasteiger partial charge is 0.475 e. The Hall–Kier alpha value is -1.62. The number of aromatic nitrogens is 1. The van der Waals surface area contributed by atoms with Gasteiger partial charge in [0, 0.05) is 17.8 Å². The molecule has 1 heterocycles. The predicted molar refractivity (Wildman–Crippen MR) is 66.5 cm³/mol. The van der Waals surface area contributed by atoms with Crippen LogP contribution in [0, 0.1) is 5.41 Å². The Labute approximate surface area is 101 Å². The Morgan fingerprint density at radius 1 is 1.35 bits per heavy atom. The van der Waals surface area contributed by atoms with Crippen LogP contribution in [0.25, 0.3) is 0 Å². The van der Waals surface area contributed by atoms with Crippen LogP contribution in [0.3, 0.4) is 0 Å². The number of rotatable bonds is 5. The third-order valence-electron chi connectivity index (χ3n) is 1.92. The van der Waals surface area contributed by atoms with E-state index in [-0.39, 0.29) is 11.4 Å². The van der Waals surface area contributed by atoms with E-state index in [2.05, 4.69) is 4.98 Å². The average molecular weight is 237 g/mol. The fourth-order valence-corrected chi connectivity index (χ4v) is 1.12. The SMILES string of the molecule is CC(C)(C)OCCOc1ccc(C(=N)N)cn1. The topological polar surface area (TPSA) is 81.2 Å². The van der Waals surface area contributed by atoms with Gasteiger partial charge in [0.2, 0.25) is 5.88 Å². The number of nitrogen functional groups attached to an aromatic ring is 1. The minimum absolute atomic E-state index is 0.000107. The first-order chi connectivity index (χ1) is 7.88. The highest BCUT2D eigenvalue weighted by molar-refractivity contribution is 5.94. The maximum atomic E-state index is 7.22. The lowest BCUT2D eigenvalue weighted by Crippen LogP contribution is -2.22. The molecule has 1 rings (SSSR count). The van der Waals surface area contributed by atoms with E-state index >= 15 is 0 Å². The van der Waals surface area contributed by atoms with E-state index < -0.39 is 0 Å². The van der Waals surface area contributed by atoms with Crippen molar-refractivity contribution in [2.45, 2.75) is 26.4 Å². The molecule has 0 aromatic carbocycles. The number of ether oxygens (including phenoxy) is 2. The maximum Gasteiger partial charge on any atom is 0.213 e. The lowest BCUT2D eigenvalue weighted by Gasteiger charge is -2.19. The van der Waals surface area contributed by atoms with E-state index in [0.717, 1.165) is 0 Å². The standard InChI is InChI=1S/C12H19N3O2/c1-12(2,3)17-7-6-16-10-5-4-9(8-15-10)11(13)14/h4-5,8H,6-7H2,1-3H3,(H3,13,14). The van der Waals surface area contributed by atoms with Gasteiger partial charge in [0.05, 0.1) is 12.2 Å². The van der Waals surface area contributed by atoms with Crippen molar-refractivity contribution in [3.05, 3.63) is 23.9 Å². The van der Waals surface area contributed by atoms with Gasteiger partial charge in [-0.3, -0.25) is 5.41 Å². The van der Waals surface area contributed by atoms with Gasteiger partial charge in [-0.05, 0) is 26.8 Å². The van der Waals surface area contributed by atoms with Gasteiger partial charge in [-0.2, -0.15) is 0 Å². The van der Waals surface area contributed by atoms with Gasteiger partial charge in [0.15, 0.2) is 0 Å². The molecule has 1 aromatic rings. The van der Waals surface area contributed by atoms with Crippen molar-refractivity contribution in [1.82, 2.24) is 4.98 Å². The normalized spacial score (nSPS) is 11.2. The molecule has 0 aliphatic rings. The van der Waals surface area contributed by atoms with Crippen molar-refractivity contribution in [2.75, 3.05) is 13.2 Å². The number of amidine groups is 1. The van der Waals surface area contributed by atoms with Crippen molar-refractivity contribution in [3.8, 4) is 5.88 Å². The maximum absolute atomic E-state index is 7.22. The molecule has 0 bridgehead atoms. The lowest BCUT2D eigenvalue weighted by molar-refractivity contribution is -0.0168. The number of pyridine rings is 1. The first-order valence-electron chi connectivity index (χ1n) is 5.46. The van der Waals surface area contributed by atoms with E-state index in [4.69, 9.17) is 20.6 Å². The van der Waals surface area contributed by atoms with Crippen LogP contribution in [0.15, 0.2) is 18.3 Å².